The van der Waals surface area contributed by atoms with Crippen LogP contribution in [-0.4, -0.2) is 23.7 Å². The minimum atomic E-state index is -0.605. The molecule has 0 fully saturated rings. The van der Waals surface area contributed by atoms with Crippen molar-refractivity contribution in [3.8, 4) is 5.75 Å². The average molecular weight is 229 g/mol. The van der Waals surface area contributed by atoms with Gasteiger partial charge in [0.1, 0.15) is 18.5 Å². The van der Waals surface area contributed by atoms with E-state index in [0.717, 1.165) is 16.9 Å². The third-order valence-electron chi connectivity index (χ3n) is 2.37. The highest BCUT2D eigenvalue weighted by atomic mass is 35.5. The fourth-order valence-electron chi connectivity index (χ4n) is 1.38. The second-order valence-electron chi connectivity index (χ2n) is 3.82. The van der Waals surface area contributed by atoms with Gasteiger partial charge in [0.25, 0.3) is 0 Å². The summed E-state index contributed by atoms with van der Waals surface area (Å²) in [6.07, 6.45) is -0.605. The number of halogens is 1. The smallest absolute Gasteiger partial charge is 0.122 e. The van der Waals surface area contributed by atoms with E-state index in [1.807, 2.05) is 26.8 Å². The van der Waals surface area contributed by atoms with Crippen molar-refractivity contribution in [2.45, 2.75) is 26.9 Å². The number of ether oxygens (including phenoxy) is 1. The van der Waals surface area contributed by atoms with Crippen LogP contribution < -0.4 is 4.74 Å². The van der Waals surface area contributed by atoms with Crippen LogP contribution in [0.25, 0.3) is 0 Å². The van der Waals surface area contributed by atoms with Crippen LogP contribution in [0.1, 0.15) is 16.7 Å². The molecule has 0 aliphatic rings. The lowest BCUT2D eigenvalue weighted by Crippen LogP contribution is -2.19. The van der Waals surface area contributed by atoms with Gasteiger partial charge in [-0.2, -0.15) is 0 Å². The zero-order valence-electron chi connectivity index (χ0n) is 9.38. The molecule has 0 aliphatic heterocycles. The van der Waals surface area contributed by atoms with Gasteiger partial charge in [0.05, 0.1) is 5.88 Å². The van der Waals surface area contributed by atoms with Gasteiger partial charge >= 0.3 is 0 Å². The second kappa shape index (κ2) is 5.38. The quantitative estimate of drug-likeness (QED) is 0.803. The molecule has 1 unspecified atom stereocenters. The molecule has 0 aromatic heterocycles. The van der Waals surface area contributed by atoms with Crippen LogP contribution in [0.3, 0.4) is 0 Å². The SMILES string of the molecule is Cc1cc(C)c(C)c(OCC(O)CCl)c1. The Labute approximate surface area is 95.8 Å². The van der Waals surface area contributed by atoms with E-state index in [-0.39, 0.29) is 12.5 Å². The molecule has 1 aromatic carbocycles. The van der Waals surface area contributed by atoms with Crippen LogP contribution in [-0.2, 0) is 0 Å². The molecule has 1 N–H and O–H groups in total. The van der Waals surface area contributed by atoms with Gasteiger partial charge in [-0.05, 0) is 43.5 Å². The lowest BCUT2D eigenvalue weighted by Gasteiger charge is -2.14. The Morgan fingerprint density at radius 1 is 1.33 bits per heavy atom. The third-order valence-corrected chi connectivity index (χ3v) is 2.73. The first-order valence-corrected chi connectivity index (χ1v) is 5.52. The summed E-state index contributed by atoms with van der Waals surface area (Å²) in [6.45, 7) is 6.33. The van der Waals surface area contributed by atoms with Gasteiger partial charge in [-0.15, -0.1) is 11.6 Å². The number of aliphatic hydroxyl groups excluding tert-OH is 1. The number of benzene rings is 1. The number of aryl methyl sites for hydroxylation is 2. The van der Waals surface area contributed by atoms with Gasteiger partial charge < -0.3 is 9.84 Å². The van der Waals surface area contributed by atoms with E-state index in [9.17, 15) is 5.11 Å². The molecule has 15 heavy (non-hydrogen) atoms. The molecular weight excluding hydrogens is 212 g/mol. The molecule has 2 nitrogen and oxygen atoms in total. The van der Waals surface area contributed by atoms with Crippen LogP contribution in [0.2, 0.25) is 0 Å². The zero-order chi connectivity index (χ0) is 11.4. The fourth-order valence-corrected chi connectivity index (χ4v) is 1.47. The standard InChI is InChI=1S/C12H17ClO2/c1-8-4-9(2)10(3)12(5-8)15-7-11(14)6-13/h4-5,11,14H,6-7H2,1-3H3. The summed E-state index contributed by atoms with van der Waals surface area (Å²) in [5, 5.41) is 9.29. The minimum absolute atomic E-state index is 0.198. The maximum absolute atomic E-state index is 9.29. The summed E-state index contributed by atoms with van der Waals surface area (Å²) in [5.74, 6) is 1.03. The van der Waals surface area contributed by atoms with E-state index in [1.165, 1.54) is 5.56 Å². The molecular formula is C12H17ClO2. The molecule has 0 saturated heterocycles. The molecule has 0 spiro atoms. The van der Waals surface area contributed by atoms with Crippen LogP contribution in [0.15, 0.2) is 12.1 Å². The van der Waals surface area contributed by atoms with Crippen LogP contribution in [0.5, 0.6) is 5.75 Å². The fraction of sp³-hybridized carbons (Fsp3) is 0.500. The third kappa shape index (κ3) is 3.40. The number of alkyl halides is 1. The number of rotatable bonds is 4. The predicted octanol–water partition coefficient (Wildman–Crippen LogP) is 2.59. The lowest BCUT2D eigenvalue weighted by atomic mass is 10.1. The van der Waals surface area contributed by atoms with Gasteiger partial charge in [0, 0.05) is 0 Å². The normalized spacial score (nSPS) is 12.6. The monoisotopic (exact) mass is 228 g/mol. The summed E-state index contributed by atoms with van der Waals surface area (Å²) in [7, 11) is 0. The molecule has 0 amide bonds. The minimum Gasteiger partial charge on any atom is -0.491 e. The number of hydrogen-bond acceptors (Lipinski definition) is 2. The summed E-state index contributed by atoms with van der Waals surface area (Å²) >= 11 is 5.49. The van der Waals surface area contributed by atoms with Crippen LogP contribution in [0.4, 0.5) is 0 Å². The molecule has 0 radical (unpaired) electrons. The van der Waals surface area contributed by atoms with E-state index in [4.69, 9.17) is 16.3 Å². The van der Waals surface area contributed by atoms with Crippen molar-refractivity contribution in [1.82, 2.24) is 0 Å². The molecule has 1 atom stereocenters. The Hall–Kier alpha value is -0.730. The Morgan fingerprint density at radius 3 is 2.60 bits per heavy atom. The van der Waals surface area contributed by atoms with Crippen molar-refractivity contribution >= 4 is 11.6 Å². The summed E-state index contributed by atoms with van der Waals surface area (Å²) in [5.41, 5.74) is 3.47. The highest BCUT2D eigenvalue weighted by molar-refractivity contribution is 6.18. The Balaban J connectivity index is 2.76. The van der Waals surface area contributed by atoms with E-state index < -0.39 is 6.10 Å². The van der Waals surface area contributed by atoms with Gasteiger partial charge in [-0.1, -0.05) is 6.07 Å². The van der Waals surface area contributed by atoms with Gasteiger partial charge in [-0.25, -0.2) is 0 Å². The van der Waals surface area contributed by atoms with Gasteiger partial charge in [-0.3, -0.25) is 0 Å². The summed E-state index contributed by atoms with van der Waals surface area (Å²) in [4.78, 5) is 0. The molecule has 0 saturated carbocycles. The highest BCUT2D eigenvalue weighted by Crippen LogP contribution is 2.23. The lowest BCUT2D eigenvalue weighted by molar-refractivity contribution is 0.125. The van der Waals surface area contributed by atoms with Crippen LogP contribution in [0, 0.1) is 20.8 Å². The van der Waals surface area contributed by atoms with Crippen molar-refractivity contribution < 1.29 is 9.84 Å². The van der Waals surface area contributed by atoms with E-state index in [1.54, 1.807) is 0 Å². The first kappa shape index (κ1) is 12.3. The van der Waals surface area contributed by atoms with E-state index in [0.29, 0.717) is 0 Å². The van der Waals surface area contributed by atoms with E-state index in [2.05, 4.69) is 6.07 Å². The largest absolute Gasteiger partial charge is 0.491 e. The van der Waals surface area contributed by atoms with Crippen LogP contribution >= 0.6 is 11.6 Å². The first-order valence-electron chi connectivity index (χ1n) is 4.99. The summed E-state index contributed by atoms with van der Waals surface area (Å²) in [6, 6.07) is 4.09. The van der Waals surface area contributed by atoms with E-state index >= 15 is 0 Å². The Morgan fingerprint density at radius 2 is 2.00 bits per heavy atom. The topological polar surface area (TPSA) is 29.5 Å². The van der Waals surface area contributed by atoms with Crippen molar-refractivity contribution in [2.75, 3.05) is 12.5 Å². The Bertz CT molecular complexity index is 337. The zero-order valence-corrected chi connectivity index (χ0v) is 10.1. The Kier molecular flexibility index (Phi) is 4.43. The maximum atomic E-state index is 9.29. The average Bonchev–Trinajstić information content (AvgIpc) is 2.20. The first-order chi connectivity index (χ1) is 7.04. The molecule has 84 valence electrons. The van der Waals surface area contributed by atoms with Crippen molar-refractivity contribution in [3.05, 3.63) is 28.8 Å². The molecule has 3 heteroatoms. The molecule has 1 rings (SSSR count). The summed E-state index contributed by atoms with van der Waals surface area (Å²) < 4.78 is 5.52. The molecule has 0 aliphatic carbocycles. The maximum Gasteiger partial charge on any atom is 0.122 e. The van der Waals surface area contributed by atoms with Crippen molar-refractivity contribution in [3.63, 3.8) is 0 Å². The van der Waals surface area contributed by atoms with Gasteiger partial charge in [0.2, 0.25) is 0 Å². The van der Waals surface area contributed by atoms with Crippen molar-refractivity contribution in [2.24, 2.45) is 0 Å². The molecule has 1 aromatic rings. The van der Waals surface area contributed by atoms with Gasteiger partial charge in [0.15, 0.2) is 0 Å². The molecule has 0 heterocycles. The number of aliphatic hydroxyl groups is 1. The predicted molar refractivity (Wildman–Crippen MR) is 62.9 cm³/mol. The molecule has 0 bridgehead atoms. The van der Waals surface area contributed by atoms with Crippen molar-refractivity contribution in [1.29, 1.82) is 0 Å². The highest BCUT2D eigenvalue weighted by Gasteiger charge is 2.07. The second-order valence-corrected chi connectivity index (χ2v) is 4.13. The number of hydrogen-bond donors (Lipinski definition) is 1.